The maximum Gasteiger partial charge on any atom is 0.315 e. The van der Waals surface area contributed by atoms with Crippen LogP contribution < -0.4 is 19.9 Å². The fourth-order valence-corrected chi connectivity index (χ4v) is 3.84. The molecule has 1 aliphatic heterocycles. The number of hydrogen-bond acceptors (Lipinski definition) is 6. The molecular weight excluding hydrogens is 452 g/mol. The van der Waals surface area contributed by atoms with E-state index in [2.05, 4.69) is 12.6 Å². The summed E-state index contributed by atoms with van der Waals surface area (Å²) in [6.07, 6.45) is 1.75. The highest BCUT2D eigenvalue weighted by atomic mass is 35.5. The molecule has 170 valence electrons. The van der Waals surface area contributed by atoms with Crippen LogP contribution in [-0.4, -0.2) is 12.6 Å². The minimum absolute atomic E-state index is 0.00190. The Balaban J connectivity index is 1.61. The van der Waals surface area contributed by atoms with Crippen molar-refractivity contribution in [2.24, 2.45) is 5.73 Å². The molecule has 0 aromatic heterocycles. The van der Waals surface area contributed by atoms with Gasteiger partial charge in [0.05, 0.1) is 12.3 Å². The Bertz CT molecular complexity index is 1310. The number of esters is 1. The first-order valence-corrected chi connectivity index (χ1v) is 10.9. The van der Waals surface area contributed by atoms with Crippen LogP contribution in [0.2, 0.25) is 5.02 Å². The molecule has 1 unspecified atom stereocenters. The standard InChI is InChI=1S/C27H21ClN2O4/c1-2-12-32-20-5-3-4-18(14-20)26-22-11-10-21(15-24(22)34-27(30)23(26)16-29)33-25(31)13-17-6-8-19(28)9-7-17/h2-11,14-15,26H,1,12-13,30H2. The summed E-state index contributed by atoms with van der Waals surface area (Å²) in [5.74, 6) is 0.488. The molecule has 7 heteroatoms. The third-order valence-electron chi connectivity index (χ3n) is 5.24. The number of rotatable bonds is 7. The zero-order chi connectivity index (χ0) is 24.1. The van der Waals surface area contributed by atoms with E-state index in [1.165, 1.54) is 0 Å². The Morgan fingerprint density at radius 3 is 2.68 bits per heavy atom. The lowest BCUT2D eigenvalue weighted by molar-refractivity contribution is -0.133. The monoisotopic (exact) mass is 472 g/mol. The van der Waals surface area contributed by atoms with Gasteiger partial charge in [-0.2, -0.15) is 5.26 Å². The lowest BCUT2D eigenvalue weighted by Gasteiger charge is -2.27. The van der Waals surface area contributed by atoms with Gasteiger partial charge in [0, 0.05) is 16.7 Å². The molecule has 4 rings (SSSR count). The molecule has 0 saturated heterocycles. The zero-order valence-corrected chi connectivity index (χ0v) is 18.9. The largest absolute Gasteiger partial charge is 0.490 e. The van der Waals surface area contributed by atoms with Crippen LogP contribution in [0.3, 0.4) is 0 Å². The van der Waals surface area contributed by atoms with Gasteiger partial charge in [-0.25, -0.2) is 0 Å². The second-order valence-corrected chi connectivity index (χ2v) is 8.01. The van der Waals surface area contributed by atoms with Gasteiger partial charge in [0.2, 0.25) is 5.88 Å². The highest BCUT2D eigenvalue weighted by molar-refractivity contribution is 6.30. The number of nitrogens with two attached hydrogens (primary N) is 1. The van der Waals surface area contributed by atoms with Gasteiger partial charge in [0.15, 0.2) is 0 Å². The van der Waals surface area contributed by atoms with Gasteiger partial charge < -0.3 is 19.9 Å². The first-order chi connectivity index (χ1) is 16.5. The summed E-state index contributed by atoms with van der Waals surface area (Å²) in [7, 11) is 0. The molecule has 1 heterocycles. The molecular formula is C27H21ClN2O4. The molecule has 3 aromatic carbocycles. The first-order valence-electron chi connectivity index (χ1n) is 10.5. The van der Waals surface area contributed by atoms with Gasteiger partial charge in [0.1, 0.15) is 35.5 Å². The number of carbonyl (C=O) groups is 1. The van der Waals surface area contributed by atoms with E-state index in [0.717, 1.165) is 16.7 Å². The van der Waals surface area contributed by atoms with Crippen LogP contribution in [0.1, 0.15) is 22.6 Å². The smallest absolute Gasteiger partial charge is 0.315 e. The molecule has 0 bridgehead atoms. The van der Waals surface area contributed by atoms with Crippen molar-refractivity contribution in [1.82, 2.24) is 0 Å². The second-order valence-electron chi connectivity index (χ2n) is 7.57. The third kappa shape index (κ3) is 5.06. The molecule has 6 nitrogen and oxygen atoms in total. The molecule has 3 aromatic rings. The quantitative estimate of drug-likeness (QED) is 0.286. The van der Waals surface area contributed by atoms with Gasteiger partial charge >= 0.3 is 5.97 Å². The average molecular weight is 473 g/mol. The van der Waals surface area contributed by atoms with Crippen LogP contribution >= 0.6 is 11.6 Å². The number of fused-ring (bicyclic) bond motifs is 1. The highest BCUT2D eigenvalue weighted by Gasteiger charge is 2.31. The van der Waals surface area contributed by atoms with Crippen molar-refractivity contribution in [3.8, 4) is 23.3 Å². The van der Waals surface area contributed by atoms with Crippen LogP contribution in [0.5, 0.6) is 17.2 Å². The minimum atomic E-state index is -0.458. The molecule has 1 atom stereocenters. The lowest BCUT2D eigenvalue weighted by atomic mass is 9.83. The van der Waals surface area contributed by atoms with E-state index in [1.807, 2.05) is 24.3 Å². The molecule has 0 spiro atoms. The van der Waals surface area contributed by atoms with Crippen molar-refractivity contribution in [2.75, 3.05) is 6.61 Å². The fraction of sp³-hybridized carbons (Fsp3) is 0.111. The number of allylic oxidation sites excluding steroid dienone is 1. The van der Waals surface area contributed by atoms with Crippen molar-refractivity contribution < 1.29 is 19.0 Å². The number of benzene rings is 3. The summed E-state index contributed by atoms with van der Waals surface area (Å²) in [4.78, 5) is 12.4. The van der Waals surface area contributed by atoms with E-state index < -0.39 is 11.9 Å². The molecule has 0 saturated carbocycles. The van der Waals surface area contributed by atoms with Crippen LogP contribution in [-0.2, 0) is 11.2 Å². The fourth-order valence-electron chi connectivity index (χ4n) is 3.72. The van der Waals surface area contributed by atoms with Crippen molar-refractivity contribution in [3.05, 3.63) is 113 Å². The topological polar surface area (TPSA) is 94.6 Å². The van der Waals surface area contributed by atoms with Gasteiger partial charge in [-0.1, -0.05) is 54.6 Å². The highest BCUT2D eigenvalue weighted by Crippen LogP contribution is 2.44. The molecule has 0 aliphatic carbocycles. The number of ether oxygens (including phenoxy) is 3. The number of hydrogen-bond donors (Lipinski definition) is 1. The van der Waals surface area contributed by atoms with E-state index in [9.17, 15) is 10.1 Å². The van der Waals surface area contributed by atoms with Crippen molar-refractivity contribution in [1.29, 1.82) is 5.26 Å². The summed E-state index contributed by atoms with van der Waals surface area (Å²) in [6, 6.07) is 21.6. The zero-order valence-electron chi connectivity index (χ0n) is 18.2. The Morgan fingerprint density at radius 2 is 1.94 bits per heavy atom. The van der Waals surface area contributed by atoms with E-state index in [-0.39, 0.29) is 12.3 Å². The van der Waals surface area contributed by atoms with Crippen LogP contribution in [0, 0.1) is 11.3 Å². The Labute approximate surface area is 202 Å². The molecule has 1 aliphatic rings. The van der Waals surface area contributed by atoms with Gasteiger partial charge in [-0.15, -0.1) is 0 Å². The normalized spacial score (nSPS) is 14.4. The predicted molar refractivity (Wildman–Crippen MR) is 129 cm³/mol. The van der Waals surface area contributed by atoms with Crippen LogP contribution in [0.4, 0.5) is 0 Å². The summed E-state index contributed by atoms with van der Waals surface area (Å²) in [6.45, 7) is 4.02. The number of nitriles is 1. The van der Waals surface area contributed by atoms with Crippen LogP contribution in [0.25, 0.3) is 0 Å². The molecule has 2 N–H and O–H groups in total. The SMILES string of the molecule is C=CCOc1cccc(C2C(C#N)=C(N)Oc3cc(OC(=O)Cc4ccc(Cl)cc4)ccc32)c1. The summed E-state index contributed by atoms with van der Waals surface area (Å²) >= 11 is 5.89. The maximum absolute atomic E-state index is 12.4. The number of halogens is 1. The summed E-state index contributed by atoms with van der Waals surface area (Å²) in [5.41, 5.74) is 8.71. The predicted octanol–water partition coefficient (Wildman–Crippen LogP) is 5.27. The average Bonchev–Trinajstić information content (AvgIpc) is 2.83. The van der Waals surface area contributed by atoms with Gasteiger partial charge in [0.25, 0.3) is 0 Å². The van der Waals surface area contributed by atoms with Crippen LogP contribution in [0.15, 0.2) is 90.8 Å². The third-order valence-corrected chi connectivity index (χ3v) is 5.50. The molecule has 0 fully saturated rings. The van der Waals surface area contributed by atoms with E-state index >= 15 is 0 Å². The molecule has 0 amide bonds. The maximum atomic E-state index is 12.4. The summed E-state index contributed by atoms with van der Waals surface area (Å²) in [5, 5.41) is 10.4. The Hall–Kier alpha value is -4.21. The van der Waals surface area contributed by atoms with E-state index in [0.29, 0.717) is 34.5 Å². The number of nitrogens with zero attached hydrogens (tertiary/aromatic N) is 1. The number of carbonyl (C=O) groups excluding carboxylic acids is 1. The lowest BCUT2D eigenvalue weighted by Crippen LogP contribution is -2.21. The van der Waals surface area contributed by atoms with Gasteiger partial charge in [-0.3, -0.25) is 4.79 Å². The molecule has 0 radical (unpaired) electrons. The van der Waals surface area contributed by atoms with Crippen molar-refractivity contribution in [3.63, 3.8) is 0 Å². The van der Waals surface area contributed by atoms with E-state index in [1.54, 1.807) is 48.5 Å². The Kier molecular flexibility index (Phi) is 6.86. The molecule has 34 heavy (non-hydrogen) atoms. The van der Waals surface area contributed by atoms with Gasteiger partial charge in [-0.05, 0) is 41.5 Å². The minimum Gasteiger partial charge on any atom is -0.490 e. The second kappa shape index (κ2) is 10.2. The van der Waals surface area contributed by atoms with E-state index in [4.69, 9.17) is 31.5 Å². The first kappa shape index (κ1) is 23.0. The van der Waals surface area contributed by atoms with Crippen molar-refractivity contribution in [2.45, 2.75) is 12.3 Å². The summed E-state index contributed by atoms with van der Waals surface area (Å²) < 4.78 is 16.9. The van der Waals surface area contributed by atoms with Crippen molar-refractivity contribution >= 4 is 17.6 Å². The Morgan fingerprint density at radius 1 is 1.15 bits per heavy atom.